The summed E-state index contributed by atoms with van der Waals surface area (Å²) in [5, 5.41) is 19.9. The average Bonchev–Trinajstić information content (AvgIpc) is 3.05. The van der Waals surface area contributed by atoms with Gasteiger partial charge >= 0.3 is 24.2 Å². The third-order valence-corrected chi connectivity index (χ3v) is 6.64. The number of carbonyl (C=O) groups is 3. The Bertz CT molecular complexity index is 1560. The Morgan fingerprint density at radius 2 is 1.69 bits per heavy atom. The Hall–Kier alpha value is -5.55. The number of carbonyl (C=O) groups excluding carboxylic acids is 2. The maximum atomic E-state index is 13.2. The van der Waals surface area contributed by atoms with Crippen LogP contribution in [0.15, 0.2) is 42.5 Å². The number of benzene rings is 2. The van der Waals surface area contributed by atoms with Gasteiger partial charge in [0.05, 0.1) is 32.4 Å². The lowest BCUT2D eigenvalue weighted by Gasteiger charge is -2.18. The number of carboxylic acid groups (broad SMARTS) is 1. The summed E-state index contributed by atoms with van der Waals surface area (Å²) in [7, 11) is 1.11. The van der Waals surface area contributed by atoms with Crippen molar-refractivity contribution in [2.24, 2.45) is 0 Å². The van der Waals surface area contributed by atoms with Crippen molar-refractivity contribution in [2.45, 2.75) is 44.4 Å². The molecule has 2 amide bonds. The number of nitrogens with zero attached hydrogens (tertiary/aromatic N) is 3. The highest BCUT2D eigenvalue weighted by Crippen LogP contribution is 2.27. The molecule has 1 atom stereocenters. The van der Waals surface area contributed by atoms with Crippen LogP contribution in [0, 0.1) is 0 Å². The van der Waals surface area contributed by atoms with Crippen molar-refractivity contribution in [3.05, 3.63) is 53.6 Å². The van der Waals surface area contributed by atoms with E-state index in [1.54, 1.807) is 12.1 Å². The van der Waals surface area contributed by atoms with Crippen LogP contribution in [0.3, 0.4) is 0 Å². The molecule has 2 aliphatic heterocycles. The average molecular weight is 678 g/mol. The topological polar surface area (TPSA) is 195 Å². The maximum Gasteiger partial charge on any atom is 0.422 e. The zero-order valence-corrected chi connectivity index (χ0v) is 25.8. The van der Waals surface area contributed by atoms with E-state index in [2.05, 4.69) is 41.0 Å². The lowest BCUT2D eigenvalue weighted by molar-refractivity contribution is -0.154. The van der Waals surface area contributed by atoms with Crippen molar-refractivity contribution in [1.29, 1.82) is 0 Å². The van der Waals surface area contributed by atoms with Crippen LogP contribution in [0.1, 0.15) is 41.6 Å². The lowest BCUT2D eigenvalue weighted by atomic mass is 10.1. The fraction of sp³-hybridized carbons (Fsp3) is 0.400. The van der Waals surface area contributed by atoms with Gasteiger partial charge in [-0.15, -0.1) is 0 Å². The van der Waals surface area contributed by atoms with Crippen molar-refractivity contribution < 1.29 is 51.6 Å². The van der Waals surface area contributed by atoms with Crippen molar-refractivity contribution in [3.8, 4) is 17.5 Å². The molecule has 5 N–H and O–H groups in total. The van der Waals surface area contributed by atoms with E-state index in [4.69, 9.17) is 14.2 Å². The van der Waals surface area contributed by atoms with E-state index in [-0.39, 0.29) is 42.0 Å². The van der Waals surface area contributed by atoms with Gasteiger partial charge in [0, 0.05) is 18.3 Å². The molecule has 6 bridgehead atoms. The zero-order valence-electron chi connectivity index (χ0n) is 25.8. The van der Waals surface area contributed by atoms with E-state index in [0.717, 1.165) is 31.9 Å². The van der Waals surface area contributed by atoms with Gasteiger partial charge in [0.2, 0.25) is 11.9 Å². The van der Waals surface area contributed by atoms with E-state index >= 15 is 0 Å². The molecule has 0 radical (unpaired) electrons. The molecule has 2 aliphatic rings. The fourth-order valence-corrected chi connectivity index (χ4v) is 4.25. The van der Waals surface area contributed by atoms with Crippen molar-refractivity contribution in [2.75, 3.05) is 44.1 Å². The third-order valence-electron chi connectivity index (χ3n) is 6.64. The molecule has 1 aromatic heterocycles. The molecule has 0 saturated heterocycles. The number of amides is 2. The van der Waals surface area contributed by atoms with Gasteiger partial charge in [-0.05, 0) is 55.5 Å². The molecular weight excluding hydrogens is 643 g/mol. The summed E-state index contributed by atoms with van der Waals surface area (Å²) >= 11 is 0. The van der Waals surface area contributed by atoms with E-state index in [1.165, 1.54) is 18.2 Å². The van der Waals surface area contributed by atoms with Gasteiger partial charge in [-0.2, -0.15) is 28.1 Å². The summed E-state index contributed by atoms with van der Waals surface area (Å²) in [6.45, 7) is -1.16. The standard InChI is InChI=1S/C30H34F3N7O8/c1-45-29(44)35-16-22(25(42)43)37-24(41)21-11-8-19-14-23(21)47-13-5-3-2-4-12-46-20-9-6-18(7-10-20)15-34-26-38-27(36-19)40-28(39-26)48-17-30(31,32)33/h6-11,14,22H,2-5,12-13,15-17H2,1H3,(H,35,44)(H,37,41)(H,42,43)(H2,34,36,38,39,40). The number of alkyl halides is 3. The molecule has 1 unspecified atom stereocenters. The summed E-state index contributed by atoms with van der Waals surface area (Å²) in [6.07, 6.45) is -2.45. The first-order chi connectivity index (χ1) is 23.0. The minimum Gasteiger partial charge on any atom is -0.494 e. The summed E-state index contributed by atoms with van der Waals surface area (Å²) < 4.78 is 59.7. The number of hydrogen-bond acceptors (Lipinski definition) is 12. The number of ether oxygens (including phenoxy) is 4. The number of carboxylic acids is 1. The van der Waals surface area contributed by atoms with Gasteiger partial charge in [0.25, 0.3) is 5.91 Å². The normalized spacial score (nSPS) is 14.3. The number of nitrogens with one attached hydrogen (secondary N) is 4. The molecule has 18 heteroatoms. The number of rotatable bonds is 7. The Morgan fingerprint density at radius 1 is 0.979 bits per heavy atom. The van der Waals surface area contributed by atoms with Gasteiger partial charge in [0.1, 0.15) is 17.5 Å². The molecule has 0 spiro atoms. The second-order valence-electron chi connectivity index (χ2n) is 10.4. The number of alkyl carbamates (subject to hydrolysis) is 1. The first-order valence-corrected chi connectivity index (χ1v) is 14.8. The Balaban J connectivity index is 1.62. The molecule has 0 aliphatic carbocycles. The Labute approximate surface area is 272 Å². The second-order valence-corrected chi connectivity index (χ2v) is 10.4. The van der Waals surface area contributed by atoms with Gasteiger partial charge in [0.15, 0.2) is 6.61 Å². The first kappa shape index (κ1) is 35.3. The molecule has 48 heavy (non-hydrogen) atoms. The van der Waals surface area contributed by atoms with Crippen LogP contribution < -0.4 is 35.5 Å². The monoisotopic (exact) mass is 677 g/mol. The summed E-state index contributed by atoms with van der Waals surface area (Å²) in [5.41, 5.74) is 1.08. The lowest BCUT2D eigenvalue weighted by Crippen LogP contribution is -2.48. The number of aliphatic carboxylic acids is 1. The fourth-order valence-electron chi connectivity index (χ4n) is 4.25. The zero-order chi connectivity index (χ0) is 34.5. The van der Waals surface area contributed by atoms with Gasteiger partial charge in [-0.1, -0.05) is 12.1 Å². The number of aromatic nitrogens is 3. The van der Waals surface area contributed by atoms with Gasteiger partial charge < -0.3 is 45.3 Å². The number of hydrogen-bond donors (Lipinski definition) is 5. The third kappa shape index (κ3) is 11.4. The van der Waals surface area contributed by atoms with Crippen LogP contribution in [0.4, 0.5) is 35.5 Å². The van der Waals surface area contributed by atoms with E-state index in [1.807, 2.05) is 12.1 Å². The van der Waals surface area contributed by atoms with Crippen LogP contribution in [-0.4, -0.2) is 83.7 Å². The van der Waals surface area contributed by atoms with Crippen LogP contribution in [-0.2, 0) is 16.1 Å². The van der Waals surface area contributed by atoms with Crippen LogP contribution in [0.2, 0.25) is 0 Å². The quantitative estimate of drug-likeness (QED) is 0.241. The largest absolute Gasteiger partial charge is 0.494 e. The van der Waals surface area contributed by atoms with E-state index < -0.39 is 49.3 Å². The maximum absolute atomic E-state index is 13.2. The summed E-state index contributed by atoms with van der Waals surface area (Å²) in [5.74, 6) is -1.72. The molecule has 258 valence electrons. The molecule has 0 fully saturated rings. The van der Waals surface area contributed by atoms with Crippen LogP contribution >= 0.6 is 0 Å². The second kappa shape index (κ2) is 16.8. The van der Waals surface area contributed by atoms with Crippen molar-refractivity contribution in [3.63, 3.8) is 0 Å². The van der Waals surface area contributed by atoms with Crippen molar-refractivity contribution in [1.82, 2.24) is 25.6 Å². The molecule has 3 heterocycles. The molecule has 5 rings (SSSR count). The van der Waals surface area contributed by atoms with Crippen LogP contribution in [0.5, 0.6) is 17.5 Å². The van der Waals surface area contributed by atoms with Gasteiger partial charge in [-0.25, -0.2) is 9.59 Å². The Kier molecular flexibility index (Phi) is 12.4. The summed E-state index contributed by atoms with van der Waals surface area (Å²) in [4.78, 5) is 48.5. The number of halogens is 3. The Morgan fingerprint density at radius 3 is 2.38 bits per heavy atom. The van der Waals surface area contributed by atoms with Crippen molar-refractivity contribution >= 4 is 35.6 Å². The van der Waals surface area contributed by atoms with Crippen LogP contribution in [0.25, 0.3) is 0 Å². The highest BCUT2D eigenvalue weighted by atomic mass is 19.4. The minimum absolute atomic E-state index is 0.0200. The predicted molar refractivity (Wildman–Crippen MR) is 164 cm³/mol. The minimum atomic E-state index is -4.64. The molecule has 2 aromatic carbocycles. The molecule has 3 aromatic rings. The molecule has 0 saturated carbocycles. The molecule has 15 nitrogen and oxygen atoms in total. The highest BCUT2D eigenvalue weighted by molar-refractivity contribution is 5.99. The van der Waals surface area contributed by atoms with E-state index in [9.17, 15) is 32.7 Å². The molecular formula is C30H34F3N7O8. The number of fused-ring (bicyclic) bond motifs is 10. The first-order valence-electron chi connectivity index (χ1n) is 14.8. The summed E-state index contributed by atoms with van der Waals surface area (Å²) in [6, 6.07) is 9.41. The van der Waals surface area contributed by atoms with Gasteiger partial charge in [-0.3, -0.25) is 4.79 Å². The van der Waals surface area contributed by atoms with E-state index in [0.29, 0.717) is 18.8 Å². The SMILES string of the molecule is COC(=O)NCC(NC(=O)c1ccc2cc1OCCCCCCOc1ccc(cc1)CNc1nc(nc(OCC(F)(F)F)n1)N2)C(=O)O. The number of methoxy groups -OCH3 is 1. The number of anilines is 3. The smallest absolute Gasteiger partial charge is 0.422 e. The highest BCUT2D eigenvalue weighted by Gasteiger charge is 2.29. The predicted octanol–water partition coefficient (Wildman–Crippen LogP) is 4.04.